The van der Waals surface area contributed by atoms with Crippen molar-refractivity contribution in [3.8, 4) is 0 Å². The van der Waals surface area contributed by atoms with E-state index < -0.39 is 0 Å². The summed E-state index contributed by atoms with van der Waals surface area (Å²) in [7, 11) is 0. The normalized spacial score (nSPS) is 17.1. The Balaban J connectivity index is 1.99. The van der Waals surface area contributed by atoms with Crippen molar-refractivity contribution in [3.63, 3.8) is 0 Å². The summed E-state index contributed by atoms with van der Waals surface area (Å²) in [6.45, 7) is 7.92. The lowest BCUT2D eigenvalue weighted by atomic mass is 10.1. The molecule has 2 heteroatoms. The first-order chi connectivity index (χ1) is 8.81. The second kappa shape index (κ2) is 6.79. The van der Waals surface area contributed by atoms with Crippen molar-refractivity contribution >= 4 is 5.69 Å². The number of para-hydroxylation sites is 1. The molecule has 0 fully saturated rings. The van der Waals surface area contributed by atoms with Crippen molar-refractivity contribution in [1.82, 2.24) is 5.32 Å². The summed E-state index contributed by atoms with van der Waals surface area (Å²) >= 11 is 0. The maximum Gasteiger partial charge on any atom is 0.0398 e. The average Bonchev–Trinajstić information content (AvgIpc) is 2.59. The van der Waals surface area contributed by atoms with Crippen molar-refractivity contribution in [3.05, 3.63) is 29.8 Å². The molecule has 0 aliphatic carbocycles. The largest absolute Gasteiger partial charge is 0.371 e. The molecule has 2 nitrogen and oxygen atoms in total. The fourth-order valence-corrected chi connectivity index (χ4v) is 2.80. The quantitative estimate of drug-likeness (QED) is 0.858. The number of fused-ring (bicyclic) bond motifs is 1. The van der Waals surface area contributed by atoms with Crippen LogP contribution in [0.25, 0.3) is 0 Å². The van der Waals surface area contributed by atoms with Crippen molar-refractivity contribution in [2.75, 3.05) is 24.5 Å². The molecule has 100 valence electrons. The predicted octanol–water partition coefficient (Wildman–Crippen LogP) is 3.22. The van der Waals surface area contributed by atoms with Gasteiger partial charge in [-0.05, 0) is 50.8 Å². The zero-order valence-electron chi connectivity index (χ0n) is 11.8. The van der Waals surface area contributed by atoms with E-state index in [9.17, 15) is 0 Å². The fourth-order valence-electron chi connectivity index (χ4n) is 2.80. The summed E-state index contributed by atoms with van der Waals surface area (Å²) in [5.41, 5.74) is 3.00. The first kappa shape index (κ1) is 13.4. The van der Waals surface area contributed by atoms with Crippen molar-refractivity contribution in [2.45, 2.75) is 45.6 Å². The summed E-state index contributed by atoms with van der Waals surface area (Å²) in [5, 5.41) is 3.50. The molecule has 0 spiro atoms. The van der Waals surface area contributed by atoms with Crippen LogP contribution in [-0.2, 0) is 6.42 Å². The van der Waals surface area contributed by atoms with Gasteiger partial charge in [0.2, 0.25) is 0 Å². The van der Waals surface area contributed by atoms with Gasteiger partial charge in [-0.25, -0.2) is 0 Å². The van der Waals surface area contributed by atoms with E-state index in [0.29, 0.717) is 6.04 Å². The van der Waals surface area contributed by atoms with Gasteiger partial charge >= 0.3 is 0 Å². The van der Waals surface area contributed by atoms with Crippen LogP contribution in [0.2, 0.25) is 0 Å². The molecule has 1 heterocycles. The van der Waals surface area contributed by atoms with Crippen LogP contribution in [-0.4, -0.2) is 25.7 Å². The molecule has 1 atom stereocenters. The number of nitrogens with one attached hydrogen (secondary N) is 1. The van der Waals surface area contributed by atoms with E-state index in [1.165, 1.54) is 50.0 Å². The van der Waals surface area contributed by atoms with E-state index in [0.717, 1.165) is 6.54 Å². The number of hydrogen-bond acceptors (Lipinski definition) is 2. The summed E-state index contributed by atoms with van der Waals surface area (Å²) in [6, 6.07) is 9.54. The molecule has 0 aromatic heterocycles. The van der Waals surface area contributed by atoms with Gasteiger partial charge in [0.25, 0.3) is 0 Å². The third kappa shape index (κ3) is 3.49. The van der Waals surface area contributed by atoms with Gasteiger partial charge in [-0.2, -0.15) is 0 Å². The Hall–Kier alpha value is -1.02. The van der Waals surface area contributed by atoms with Crippen molar-refractivity contribution in [2.24, 2.45) is 0 Å². The van der Waals surface area contributed by atoms with E-state index in [2.05, 4.69) is 48.3 Å². The lowest BCUT2D eigenvalue weighted by molar-refractivity contribution is 0.523. The molecular weight excluding hydrogens is 220 g/mol. The number of aryl methyl sites for hydroxylation is 1. The molecule has 1 aromatic carbocycles. The average molecular weight is 246 g/mol. The highest BCUT2D eigenvalue weighted by molar-refractivity contribution is 5.54. The fraction of sp³-hybridized carbons (Fsp3) is 0.625. The van der Waals surface area contributed by atoms with E-state index in [1.807, 2.05) is 0 Å². The summed E-state index contributed by atoms with van der Waals surface area (Å²) in [4.78, 5) is 2.58. The molecule has 0 amide bonds. The first-order valence-corrected chi connectivity index (χ1v) is 7.37. The molecule has 1 aliphatic rings. The maximum absolute atomic E-state index is 3.50. The van der Waals surface area contributed by atoms with Crippen LogP contribution in [0, 0.1) is 0 Å². The van der Waals surface area contributed by atoms with Crippen LogP contribution in [0.3, 0.4) is 0 Å². The minimum absolute atomic E-state index is 0.616. The molecule has 2 rings (SSSR count). The Kier molecular flexibility index (Phi) is 5.06. The third-order valence-corrected chi connectivity index (χ3v) is 3.84. The molecule has 1 aromatic rings. The highest BCUT2D eigenvalue weighted by Gasteiger charge is 2.14. The smallest absolute Gasteiger partial charge is 0.0398 e. The highest BCUT2D eigenvalue weighted by Crippen LogP contribution is 2.26. The zero-order valence-corrected chi connectivity index (χ0v) is 11.8. The van der Waals surface area contributed by atoms with Gasteiger partial charge in [0.05, 0.1) is 0 Å². The van der Waals surface area contributed by atoms with Crippen molar-refractivity contribution < 1.29 is 0 Å². The van der Waals surface area contributed by atoms with Crippen LogP contribution in [0.1, 0.15) is 38.7 Å². The molecule has 0 bridgehead atoms. The molecule has 1 aliphatic heterocycles. The van der Waals surface area contributed by atoms with Gasteiger partial charge in [-0.15, -0.1) is 0 Å². The van der Waals surface area contributed by atoms with Crippen LogP contribution in [0.15, 0.2) is 24.3 Å². The Morgan fingerprint density at radius 1 is 1.28 bits per heavy atom. The Morgan fingerprint density at radius 2 is 2.11 bits per heavy atom. The number of benzene rings is 1. The lowest BCUT2D eigenvalue weighted by Crippen LogP contribution is -2.33. The first-order valence-electron chi connectivity index (χ1n) is 7.37. The van der Waals surface area contributed by atoms with Crippen LogP contribution < -0.4 is 10.2 Å². The predicted molar refractivity (Wildman–Crippen MR) is 79.3 cm³/mol. The lowest BCUT2D eigenvalue weighted by Gasteiger charge is -2.26. The van der Waals surface area contributed by atoms with Gasteiger partial charge in [0, 0.05) is 24.8 Å². The Bertz CT molecular complexity index is 362. The molecule has 0 radical (unpaired) electrons. The van der Waals surface area contributed by atoms with Crippen LogP contribution in [0.4, 0.5) is 5.69 Å². The zero-order chi connectivity index (χ0) is 12.8. The minimum atomic E-state index is 0.616. The number of anilines is 1. The maximum atomic E-state index is 3.50. The molecule has 0 saturated heterocycles. The monoisotopic (exact) mass is 246 g/mol. The topological polar surface area (TPSA) is 15.3 Å². The van der Waals surface area contributed by atoms with Crippen LogP contribution >= 0.6 is 0 Å². The Morgan fingerprint density at radius 3 is 2.94 bits per heavy atom. The Labute approximate surface area is 111 Å². The van der Waals surface area contributed by atoms with E-state index >= 15 is 0 Å². The standard InChI is InChI=1S/C16H26N2/c1-3-17-14(2)11-13-18-12-7-6-9-15-8-4-5-10-16(15)18/h4-5,8,10,14,17H,3,6-7,9,11-13H2,1-2H3. The molecular formula is C16H26N2. The number of hydrogen-bond donors (Lipinski definition) is 1. The summed E-state index contributed by atoms with van der Waals surface area (Å²) in [6.07, 6.45) is 5.12. The van der Waals surface area contributed by atoms with Gasteiger partial charge in [0.1, 0.15) is 0 Å². The molecule has 18 heavy (non-hydrogen) atoms. The number of rotatable bonds is 5. The molecule has 1 unspecified atom stereocenters. The van der Waals surface area contributed by atoms with Gasteiger partial charge in [0.15, 0.2) is 0 Å². The second-order valence-corrected chi connectivity index (χ2v) is 5.32. The van der Waals surface area contributed by atoms with E-state index in [1.54, 1.807) is 0 Å². The second-order valence-electron chi connectivity index (χ2n) is 5.32. The minimum Gasteiger partial charge on any atom is -0.371 e. The SMILES string of the molecule is CCNC(C)CCN1CCCCc2ccccc21. The number of nitrogens with zero attached hydrogens (tertiary/aromatic N) is 1. The summed E-state index contributed by atoms with van der Waals surface area (Å²) in [5.74, 6) is 0. The van der Waals surface area contributed by atoms with Gasteiger partial charge in [-0.1, -0.05) is 25.1 Å². The van der Waals surface area contributed by atoms with E-state index in [-0.39, 0.29) is 0 Å². The third-order valence-electron chi connectivity index (χ3n) is 3.84. The van der Waals surface area contributed by atoms with E-state index in [4.69, 9.17) is 0 Å². The molecule has 0 saturated carbocycles. The highest BCUT2D eigenvalue weighted by atomic mass is 15.1. The van der Waals surface area contributed by atoms with Gasteiger partial charge in [-0.3, -0.25) is 0 Å². The summed E-state index contributed by atoms with van der Waals surface area (Å²) < 4.78 is 0. The van der Waals surface area contributed by atoms with Crippen molar-refractivity contribution in [1.29, 1.82) is 0 Å². The van der Waals surface area contributed by atoms with Crippen LogP contribution in [0.5, 0.6) is 0 Å². The molecule has 1 N–H and O–H groups in total. The van der Waals surface area contributed by atoms with Gasteiger partial charge < -0.3 is 10.2 Å².